The molecule has 8 nitrogen and oxygen atoms in total. The van der Waals surface area contributed by atoms with E-state index in [4.69, 9.17) is 10.5 Å². The number of β-lactam (4-membered cyclic amide) rings is 1. The van der Waals surface area contributed by atoms with Gasteiger partial charge < -0.3 is 15.8 Å². The third kappa shape index (κ3) is 5.17. The van der Waals surface area contributed by atoms with Gasteiger partial charge in [-0.2, -0.15) is 0 Å². The van der Waals surface area contributed by atoms with E-state index in [1.807, 2.05) is 0 Å². The molecule has 1 fully saturated rings. The van der Waals surface area contributed by atoms with E-state index in [9.17, 15) is 19.2 Å². The number of carbonyl (C=O) groups is 4. The molecule has 24 heavy (non-hydrogen) atoms. The van der Waals surface area contributed by atoms with Crippen molar-refractivity contribution >= 4 is 29.3 Å². The molecule has 1 saturated heterocycles. The lowest BCUT2D eigenvalue weighted by atomic mass is 10.1. The minimum Gasteiger partial charge on any atom is -0.368 e. The van der Waals surface area contributed by atoms with Crippen molar-refractivity contribution in [3.63, 3.8) is 0 Å². The number of carbonyl (C=O) groups excluding carboxylic acids is 4. The molecule has 0 spiro atoms. The summed E-state index contributed by atoms with van der Waals surface area (Å²) in [5, 5.41) is 2.61. The molecule has 0 radical (unpaired) electrons. The van der Waals surface area contributed by atoms with Gasteiger partial charge in [0.05, 0.1) is 0 Å². The standard InChI is InChI=1S/C16H19N3O5/c17-13(20)9-24-10-14(21)18-12-4-1-11(2-5-12)3-6-15(22)19-8-7-16(19)23/h1-2,4-5H,3,6-10H2,(H2,17,20)(H,18,21). The number of hydrogen-bond acceptors (Lipinski definition) is 5. The van der Waals surface area contributed by atoms with Gasteiger partial charge in [0.25, 0.3) is 0 Å². The number of benzene rings is 1. The minimum atomic E-state index is -0.637. The summed E-state index contributed by atoms with van der Waals surface area (Å²) in [4.78, 5) is 46.3. The van der Waals surface area contributed by atoms with Gasteiger partial charge in [-0.15, -0.1) is 0 Å². The predicted molar refractivity (Wildman–Crippen MR) is 84.7 cm³/mol. The van der Waals surface area contributed by atoms with Gasteiger partial charge in [0.15, 0.2) is 0 Å². The minimum absolute atomic E-state index is 0.114. The van der Waals surface area contributed by atoms with Crippen LogP contribution in [0.15, 0.2) is 24.3 Å². The Morgan fingerprint density at radius 1 is 1.17 bits per heavy atom. The molecule has 2 rings (SSSR count). The molecule has 0 bridgehead atoms. The molecule has 0 unspecified atom stereocenters. The summed E-state index contributed by atoms with van der Waals surface area (Å²) in [6.45, 7) is -0.0522. The highest BCUT2D eigenvalue weighted by Gasteiger charge is 2.29. The number of nitrogens with zero attached hydrogens (tertiary/aromatic N) is 1. The SMILES string of the molecule is NC(=O)COCC(=O)Nc1ccc(CCC(=O)N2CCC2=O)cc1. The van der Waals surface area contributed by atoms with Crippen molar-refractivity contribution in [1.29, 1.82) is 0 Å². The summed E-state index contributed by atoms with van der Waals surface area (Å²) in [5.74, 6) is -1.30. The number of nitrogens with two attached hydrogens (primary N) is 1. The number of anilines is 1. The Hall–Kier alpha value is -2.74. The number of likely N-dealkylation sites (tertiary alicyclic amines) is 1. The van der Waals surface area contributed by atoms with Crippen LogP contribution >= 0.6 is 0 Å². The average Bonchev–Trinajstić information content (AvgIpc) is 2.52. The Bertz CT molecular complexity index is 642. The lowest BCUT2D eigenvalue weighted by molar-refractivity contribution is -0.152. The third-order valence-electron chi connectivity index (χ3n) is 3.49. The summed E-state index contributed by atoms with van der Waals surface area (Å²) < 4.78 is 4.81. The Balaban J connectivity index is 1.74. The van der Waals surface area contributed by atoms with Gasteiger partial charge in [-0.25, -0.2) is 0 Å². The van der Waals surface area contributed by atoms with E-state index in [-0.39, 0.29) is 31.4 Å². The van der Waals surface area contributed by atoms with E-state index in [2.05, 4.69) is 5.32 Å². The number of rotatable bonds is 8. The second-order valence-corrected chi connectivity index (χ2v) is 5.39. The van der Waals surface area contributed by atoms with Crippen molar-refractivity contribution in [1.82, 2.24) is 4.90 Å². The largest absolute Gasteiger partial charge is 0.368 e. The molecule has 1 aliphatic rings. The van der Waals surface area contributed by atoms with Crippen LogP contribution < -0.4 is 11.1 Å². The number of aryl methyl sites for hydroxylation is 1. The zero-order chi connectivity index (χ0) is 17.5. The highest BCUT2D eigenvalue weighted by molar-refractivity contribution is 5.99. The van der Waals surface area contributed by atoms with Crippen LogP contribution in [0.4, 0.5) is 5.69 Å². The molecule has 3 N–H and O–H groups in total. The number of ether oxygens (including phenoxy) is 1. The fourth-order valence-corrected chi connectivity index (χ4v) is 2.16. The van der Waals surface area contributed by atoms with Gasteiger partial charge in [-0.05, 0) is 24.1 Å². The quantitative estimate of drug-likeness (QED) is 0.640. The van der Waals surface area contributed by atoms with E-state index < -0.39 is 11.8 Å². The molecular formula is C16H19N3O5. The van der Waals surface area contributed by atoms with Crippen LogP contribution in [0.2, 0.25) is 0 Å². The second kappa shape index (κ2) is 8.21. The lowest BCUT2D eigenvalue weighted by Crippen LogP contribution is -2.47. The van der Waals surface area contributed by atoms with Gasteiger partial charge in [0.1, 0.15) is 13.2 Å². The highest BCUT2D eigenvalue weighted by Crippen LogP contribution is 2.14. The lowest BCUT2D eigenvalue weighted by Gasteiger charge is -2.28. The maximum Gasteiger partial charge on any atom is 0.250 e. The molecule has 4 amide bonds. The van der Waals surface area contributed by atoms with Gasteiger partial charge in [0.2, 0.25) is 23.6 Å². The van der Waals surface area contributed by atoms with Gasteiger partial charge in [0, 0.05) is 25.1 Å². The zero-order valence-corrected chi connectivity index (χ0v) is 13.1. The summed E-state index contributed by atoms with van der Waals surface area (Å²) in [5.41, 5.74) is 6.40. The molecule has 0 saturated carbocycles. The van der Waals surface area contributed by atoms with Crippen LogP contribution in [0.25, 0.3) is 0 Å². The Kier molecular flexibility index (Phi) is 6.02. The average molecular weight is 333 g/mol. The molecule has 0 atom stereocenters. The number of nitrogens with one attached hydrogen (secondary N) is 1. The first-order valence-corrected chi connectivity index (χ1v) is 7.54. The molecule has 0 aliphatic carbocycles. The van der Waals surface area contributed by atoms with Crippen LogP contribution in [-0.2, 0) is 30.3 Å². The van der Waals surface area contributed by atoms with Crippen LogP contribution in [0.1, 0.15) is 18.4 Å². The highest BCUT2D eigenvalue weighted by atomic mass is 16.5. The topological polar surface area (TPSA) is 119 Å². The maximum atomic E-state index is 11.8. The maximum absolute atomic E-state index is 11.8. The smallest absolute Gasteiger partial charge is 0.250 e. The van der Waals surface area contributed by atoms with Crippen molar-refractivity contribution in [2.45, 2.75) is 19.3 Å². The fraction of sp³-hybridized carbons (Fsp3) is 0.375. The predicted octanol–water partition coefficient (Wildman–Crippen LogP) is -0.182. The summed E-state index contributed by atoms with van der Waals surface area (Å²) >= 11 is 0. The summed E-state index contributed by atoms with van der Waals surface area (Å²) in [6.07, 6.45) is 1.25. The van der Waals surface area contributed by atoms with Crippen molar-refractivity contribution < 1.29 is 23.9 Å². The molecule has 1 aliphatic heterocycles. The molecule has 1 heterocycles. The Morgan fingerprint density at radius 3 is 2.42 bits per heavy atom. The normalized spacial score (nSPS) is 13.3. The first-order valence-electron chi connectivity index (χ1n) is 7.54. The van der Waals surface area contributed by atoms with Crippen molar-refractivity contribution in [2.24, 2.45) is 5.73 Å². The number of hydrogen-bond donors (Lipinski definition) is 2. The fourth-order valence-electron chi connectivity index (χ4n) is 2.16. The van der Waals surface area contributed by atoms with Gasteiger partial charge in [-0.1, -0.05) is 12.1 Å². The van der Waals surface area contributed by atoms with Crippen LogP contribution in [0, 0.1) is 0 Å². The van der Waals surface area contributed by atoms with E-state index in [1.54, 1.807) is 24.3 Å². The zero-order valence-electron chi connectivity index (χ0n) is 13.1. The van der Waals surface area contributed by atoms with Crippen molar-refractivity contribution in [3.05, 3.63) is 29.8 Å². The summed E-state index contributed by atoms with van der Waals surface area (Å²) in [6, 6.07) is 7.01. The molecule has 1 aromatic carbocycles. The number of primary amides is 1. The third-order valence-corrected chi connectivity index (χ3v) is 3.49. The van der Waals surface area contributed by atoms with E-state index >= 15 is 0 Å². The van der Waals surface area contributed by atoms with Crippen LogP contribution in [-0.4, -0.2) is 48.3 Å². The van der Waals surface area contributed by atoms with Crippen LogP contribution in [0.3, 0.4) is 0 Å². The monoisotopic (exact) mass is 333 g/mol. The first-order chi connectivity index (χ1) is 11.5. The van der Waals surface area contributed by atoms with E-state index in [0.717, 1.165) is 5.56 Å². The molecular weight excluding hydrogens is 314 g/mol. The summed E-state index contributed by atoms with van der Waals surface area (Å²) in [7, 11) is 0. The molecule has 0 aromatic heterocycles. The number of amides is 4. The van der Waals surface area contributed by atoms with Crippen LogP contribution in [0.5, 0.6) is 0 Å². The Labute approximate surface area is 138 Å². The van der Waals surface area contributed by atoms with Gasteiger partial charge >= 0.3 is 0 Å². The Morgan fingerprint density at radius 2 is 1.88 bits per heavy atom. The van der Waals surface area contributed by atoms with E-state index in [1.165, 1.54) is 4.90 Å². The molecule has 8 heteroatoms. The number of imide groups is 1. The first kappa shape index (κ1) is 17.6. The van der Waals surface area contributed by atoms with Gasteiger partial charge in [-0.3, -0.25) is 24.1 Å². The van der Waals surface area contributed by atoms with Crippen molar-refractivity contribution in [3.8, 4) is 0 Å². The molecule has 128 valence electrons. The second-order valence-electron chi connectivity index (χ2n) is 5.39. The van der Waals surface area contributed by atoms with E-state index in [0.29, 0.717) is 25.1 Å². The van der Waals surface area contributed by atoms with Crippen molar-refractivity contribution in [2.75, 3.05) is 25.1 Å². The molecule has 1 aromatic rings.